The van der Waals surface area contributed by atoms with Gasteiger partial charge in [0.1, 0.15) is 0 Å². The summed E-state index contributed by atoms with van der Waals surface area (Å²) in [6.45, 7) is 2.99. The summed E-state index contributed by atoms with van der Waals surface area (Å²) in [5.41, 5.74) is 6.64. The first-order chi connectivity index (χ1) is 12.0. The van der Waals surface area contributed by atoms with Gasteiger partial charge in [-0.25, -0.2) is 8.42 Å². The fourth-order valence-corrected chi connectivity index (χ4v) is 4.24. The zero-order valence-corrected chi connectivity index (χ0v) is 14.5. The summed E-state index contributed by atoms with van der Waals surface area (Å²) < 4.78 is 26.9. The molecule has 0 atom stereocenters. The highest BCUT2D eigenvalue weighted by molar-refractivity contribution is 7.89. The highest BCUT2D eigenvalue weighted by Gasteiger charge is 2.28. The lowest BCUT2D eigenvalue weighted by Gasteiger charge is -2.34. The second-order valence-electron chi connectivity index (χ2n) is 5.92. The number of sulfonamides is 1. The van der Waals surface area contributed by atoms with Gasteiger partial charge < -0.3 is 5.73 Å². The van der Waals surface area contributed by atoms with Crippen molar-refractivity contribution >= 4 is 15.9 Å². The average Bonchev–Trinajstić information content (AvgIpc) is 2.63. The lowest BCUT2D eigenvalue weighted by molar-refractivity contribution is 0.1000. The molecule has 1 aliphatic heterocycles. The third-order valence-corrected chi connectivity index (χ3v) is 6.18. The van der Waals surface area contributed by atoms with E-state index in [4.69, 9.17) is 5.73 Å². The van der Waals surface area contributed by atoms with Crippen molar-refractivity contribution in [3.63, 3.8) is 0 Å². The fourth-order valence-electron chi connectivity index (χ4n) is 2.81. The van der Waals surface area contributed by atoms with Crippen molar-refractivity contribution in [3.05, 3.63) is 59.9 Å². The number of piperazine rings is 1. The second-order valence-corrected chi connectivity index (χ2v) is 7.86. The van der Waals surface area contributed by atoms with E-state index in [9.17, 15) is 13.2 Å². The summed E-state index contributed by atoms with van der Waals surface area (Å²) in [7, 11) is -3.56. The molecule has 1 fully saturated rings. The number of benzene rings is 1. The highest BCUT2D eigenvalue weighted by atomic mass is 32.2. The van der Waals surface area contributed by atoms with Gasteiger partial charge in [0.05, 0.1) is 4.90 Å². The normalized spacial score (nSPS) is 16.6. The van der Waals surface area contributed by atoms with Gasteiger partial charge in [-0.2, -0.15) is 4.31 Å². The molecule has 1 amide bonds. The number of carbonyl (C=O) groups excluding carboxylic acids is 1. The van der Waals surface area contributed by atoms with Crippen molar-refractivity contribution in [1.29, 1.82) is 0 Å². The molecule has 2 aromatic rings. The minimum absolute atomic E-state index is 0.181. The molecule has 0 spiro atoms. The Balaban J connectivity index is 1.64. The van der Waals surface area contributed by atoms with Gasteiger partial charge in [0.25, 0.3) is 0 Å². The Labute approximate surface area is 147 Å². The molecule has 0 bridgehead atoms. The van der Waals surface area contributed by atoms with Gasteiger partial charge in [-0.3, -0.25) is 14.7 Å². The van der Waals surface area contributed by atoms with E-state index in [2.05, 4.69) is 9.88 Å². The number of primary amides is 1. The Morgan fingerprint density at radius 3 is 2.16 bits per heavy atom. The van der Waals surface area contributed by atoms with E-state index in [1.807, 2.05) is 12.1 Å². The Bertz CT molecular complexity index is 830. The molecule has 0 saturated carbocycles. The van der Waals surface area contributed by atoms with Crippen molar-refractivity contribution in [1.82, 2.24) is 14.2 Å². The predicted molar refractivity (Wildman–Crippen MR) is 93.2 cm³/mol. The van der Waals surface area contributed by atoms with E-state index < -0.39 is 15.9 Å². The number of nitrogens with zero attached hydrogens (tertiary/aromatic N) is 3. The van der Waals surface area contributed by atoms with Crippen molar-refractivity contribution in [2.75, 3.05) is 26.2 Å². The zero-order valence-electron chi connectivity index (χ0n) is 13.7. The van der Waals surface area contributed by atoms with E-state index >= 15 is 0 Å². The van der Waals surface area contributed by atoms with Crippen LogP contribution in [0.4, 0.5) is 0 Å². The maximum absolute atomic E-state index is 12.7. The third kappa shape index (κ3) is 4.04. The first-order valence-electron chi connectivity index (χ1n) is 7.98. The first kappa shape index (κ1) is 17.5. The van der Waals surface area contributed by atoms with Crippen LogP contribution in [0.25, 0.3) is 0 Å². The molecule has 2 heterocycles. The Morgan fingerprint density at radius 1 is 1.00 bits per heavy atom. The molecule has 8 heteroatoms. The van der Waals surface area contributed by atoms with E-state index in [-0.39, 0.29) is 4.90 Å². The van der Waals surface area contributed by atoms with Crippen LogP contribution in [-0.4, -0.2) is 54.7 Å². The van der Waals surface area contributed by atoms with E-state index in [0.29, 0.717) is 31.7 Å². The van der Waals surface area contributed by atoms with Gasteiger partial charge in [-0.1, -0.05) is 0 Å². The van der Waals surface area contributed by atoms with E-state index in [1.54, 1.807) is 12.4 Å². The monoisotopic (exact) mass is 360 g/mol. The van der Waals surface area contributed by atoms with Gasteiger partial charge in [0.2, 0.25) is 15.9 Å². The third-order valence-electron chi connectivity index (χ3n) is 4.26. The molecule has 132 valence electrons. The maximum atomic E-state index is 12.7. The Hall–Kier alpha value is -2.29. The van der Waals surface area contributed by atoms with Crippen LogP contribution in [0.1, 0.15) is 15.9 Å². The zero-order chi connectivity index (χ0) is 17.9. The molecule has 0 aliphatic carbocycles. The number of carbonyl (C=O) groups is 1. The summed E-state index contributed by atoms with van der Waals surface area (Å²) in [6, 6.07) is 9.66. The lowest BCUT2D eigenvalue weighted by Crippen LogP contribution is -2.48. The number of hydrogen-bond acceptors (Lipinski definition) is 5. The quantitative estimate of drug-likeness (QED) is 0.846. The predicted octanol–water partition coefficient (Wildman–Crippen LogP) is 0.687. The standard InChI is InChI=1S/C17H20N4O3S/c18-17(22)15-1-3-16(4-2-15)25(23,24)21-11-9-20(10-12-21)13-14-5-7-19-8-6-14/h1-8H,9-13H2,(H2,18,22). The SMILES string of the molecule is NC(=O)c1ccc(S(=O)(=O)N2CCN(Cc3ccncc3)CC2)cc1. The molecule has 1 aromatic heterocycles. The summed E-state index contributed by atoms with van der Waals surface area (Å²) in [5.74, 6) is -0.575. The van der Waals surface area contributed by atoms with Crippen LogP contribution in [0.2, 0.25) is 0 Å². The lowest BCUT2D eigenvalue weighted by atomic mass is 10.2. The molecule has 1 aliphatic rings. The van der Waals surface area contributed by atoms with Crippen LogP contribution >= 0.6 is 0 Å². The molecule has 2 N–H and O–H groups in total. The van der Waals surface area contributed by atoms with Crippen LogP contribution in [-0.2, 0) is 16.6 Å². The van der Waals surface area contributed by atoms with Crippen LogP contribution in [0.15, 0.2) is 53.7 Å². The van der Waals surface area contributed by atoms with Gasteiger partial charge in [0, 0.05) is 50.7 Å². The summed E-state index contributed by atoms with van der Waals surface area (Å²) in [6.07, 6.45) is 3.51. The second kappa shape index (κ2) is 7.30. The molecule has 0 radical (unpaired) electrons. The van der Waals surface area contributed by atoms with Crippen LogP contribution in [0.5, 0.6) is 0 Å². The minimum Gasteiger partial charge on any atom is -0.366 e. The van der Waals surface area contributed by atoms with Gasteiger partial charge in [-0.05, 0) is 42.0 Å². The number of nitrogens with two attached hydrogens (primary N) is 1. The van der Waals surface area contributed by atoms with Gasteiger partial charge >= 0.3 is 0 Å². The van der Waals surface area contributed by atoms with Gasteiger partial charge in [-0.15, -0.1) is 0 Å². The largest absolute Gasteiger partial charge is 0.366 e. The number of hydrogen-bond donors (Lipinski definition) is 1. The molecular weight excluding hydrogens is 340 g/mol. The number of rotatable bonds is 5. The summed E-state index contributed by atoms with van der Waals surface area (Å²) in [5, 5.41) is 0. The molecule has 0 unspecified atom stereocenters. The topological polar surface area (TPSA) is 96.6 Å². The summed E-state index contributed by atoms with van der Waals surface area (Å²) in [4.78, 5) is 17.5. The molecule has 1 saturated heterocycles. The first-order valence-corrected chi connectivity index (χ1v) is 9.42. The fraction of sp³-hybridized carbons (Fsp3) is 0.294. The number of aromatic nitrogens is 1. The van der Waals surface area contributed by atoms with E-state index in [0.717, 1.165) is 12.1 Å². The van der Waals surface area contributed by atoms with Crippen LogP contribution in [0, 0.1) is 0 Å². The summed E-state index contributed by atoms with van der Waals surface area (Å²) >= 11 is 0. The van der Waals surface area contributed by atoms with Crippen molar-refractivity contribution in [2.24, 2.45) is 5.73 Å². The van der Waals surface area contributed by atoms with Crippen LogP contribution < -0.4 is 5.73 Å². The molecule has 7 nitrogen and oxygen atoms in total. The smallest absolute Gasteiger partial charge is 0.248 e. The molecule has 25 heavy (non-hydrogen) atoms. The van der Waals surface area contributed by atoms with Crippen molar-refractivity contribution in [3.8, 4) is 0 Å². The Morgan fingerprint density at radius 2 is 1.60 bits per heavy atom. The number of pyridine rings is 1. The average molecular weight is 360 g/mol. The minimum atomic E-state index is -3.56. The van der Waals surface area contributed by atoms with Crippen molar-refractivity contribution < 1.29 is 13.2 Å². The van der Waals surface area contributed by atoms with E-state index in [1.165, 1.54) is 28.6 Å². The molecule has 1 aromatic carbocycles. The number of amides is 1. The van der Waals surface area contributed by atoms with Gasteiger partial charge in [0.15, 0.2) is 0 Å². The Kier molecular flexibility index (Phi) is 5.12. The molecular formula is C17H20N4O3S. The molecule has 3 rings (SSSR count). The maximum Gasteiger partial charge on any atom is 0.248 e. The highest BCUT2D eigenvalue weighted by Crippen LogP contribution is 2.19. The van der Waals surface area contributed by atoms with Crippen molar-refractivity contribution in [2.45, 2.75) is 11.4 Å². The van der Waals surface area contributed by atoms with Crippen LogP contribution in [0.3, 0.4) is 0 Å².